The number of rotatable bonds is 4. The van der Waals surface area contributed by atoms with Gasteiger partial charge in [0.15, 0.2) is 5.75 Å². The zero-order chi connectivity index (χ0) is 14.6. The van der Waals surface area contributed by atoms with Crippen molar-refractivity contribution in [3.05, 3.63) is 21.0 Å². The Balaban J connectivity index is 3.36. The average molecular weight is 393 g/mol. The molecule has 9 heteroatoms. The molecule has 19 heavy (non-hydrogen) atoms. The number of carbonyl (C=O) groups is 1. The van der Waals surface area contributed by atoms with Gasteiger partial charge in [-0.15, -0.1) is 13.2 Å². The Morgan fingerprint density at radius 3 is 2.58 bits per heavy atom. The molecule has 1 heterocycles. The molecule has 1 aromatic rings. The molecule has 1 aromatic heterocycles. The summed E-state index contributed by atoms with van der Waals surface area (Å²) in [5.41, 5.74) is -1.00. The Bertz CT molecular complexity index is 479. The predicted octanol–water partition coefficient (Wildman–Crippen LogP) is 3.23. The Labute approximate surface area is 119 Å². The maximum absolute atomic E-state index is 12.7. The van der Waals surface area contributed by atoms with E-state index in [4.69, 9.17) is 0 Å². The largest absolute Gasteiger partial charge is 0.573 e. The number of halogens is 5. The van der Waals surface area contributed by atoms with Gasteiger partial charge in [0.25, 0.3) is 0 Å². The summed E-state index contributed by atoms with van der Waals surface area (Å²) in [6, 6.07) is 0. The first-order valence-corrected chi connectivity index (χ1v) is 6.04. The topological polar surface area (TPSA) is 48.4 Å². The van der Waals surface area contributed by atoms with Gasteiger partial charge in [-0.2, -0.15) is 0 Å². The molecule has 0 fully saturated rings. The Kier molecular flexibility index (Phi) is 5.32. The van der Waals surface area contributed by atoms with Crippen molar-refractivity contribution >= 4 is 28.6 Å². The fourth-order valence-electron chi connectivity index (χ4n) is 1.22. The molecule has 0 N–H and O–H groups in total. The van der Waals surface area contributed by atoms with Crippen LogP contribution in [-0.4, -0.2) is 23.9 Å². The van der Waals surface area contributed by atoms with Crippen LogP contribution in [-0.2, 0) is 11.4 Å². The van der Waals surface area contributed by atoms with Crippen molar-refractivity contribution in [3.8, 4) is 5.75 Å². The fraction of sp³-hybridized carbons (Fsp3) is 0.400. The van der Waals surface area contributed by atoms with Crippen LogP contribution in [0.3, 0.4) is 0 Å². The number of carbonyl (C=O) groups excluding carboxylic acids is 1. The molecule has 0 bridgehead atoms. The van der Waals surface area contributed by atoms with Crippen molar-refractivity contribution in [1.82, 2.24) is 4.98 Å². The molecule has 0 saturated carbocycles. The van der Waals surface area contributed by atoms with Gasteiger partial charge in [0.1, 0.15) is 15.9 Å². The molecule has 0 aliphatic carbocycles. The second-order valence-corrected chi connectivity index (χ2v) is 4.20. The van der Waals surface area contributed by atoms with Crippen LogP contribution in [0, 0.1) is 3.70 Å². The molecule has 106 valence electrons. The highest BCUT2D eigenvalue weighted by Crippen LogP contribution is 2.33. The maximum Gasteiger partial charge on any atom is 0.573 e. The molecule has 0 unspecified atom stereocenters. The average Bonchev–Trinajstić information content (AvgIpc) is 2.27. The van der Waals surface area contributed by atoms with E-state index in [1.807, 2.05) is 0 Å². The molecular weight excluding hydrogens is 385 g/mol. The van der Waals surface area contributed by atoms with Crippen LogP contribution in [0.15, 0.2) is 6.20 Å². The third-order valence-electron chi connectivity index (χ3n) is 1.90. The van der Waals surface area contributed by atoms with E-state index in [1.54, 1.807) is 22.6 Å². The summed E-state index contributed by atoms with van der Waals surface area (Å²) in [4.78, 5) is 15.2. The van der Waals surface area contributed by atoms with E-state index in [0.29, 0.717) is 0 Å². The van der Waals surface area contributed by atoms with Crippen LogP contribution in [0.4, 0.5) is 17.6 Å². The van der Waals surface area contributed by atoms with Gasteiger partial charge in [-0.05, 0) is 29.5 Å². The normalized spacial score (nSPS) is 11.3. The van der Waals surface area contributed by atoms with Gasteiger partial charge in [-0.1, -0.05) is 0 Å². The summed E-state index contributed by atoms with van der Waals surface area (Å²) < 4.78 is 57.8. The Hall–Kier alpha value is -1.13. The molecule has 4 nitrogen and oxygen atoms in total. The molecule has 0 aliphatic heterocycles. The van der Waals surface area contributed by atoms with Crippen molar-refractivity contribution < 1.29 is 31.8 Å². The van der Waals surface area contributed by atoms with Crippen LogP contribution >= 0.6 is 22.6 Å². The molecule has 0 saturated heterocycles. The van der Waals surface area contributed by atoms with E-state index in [0.717, 1.165) is 6.20 Å². The highest BCUT2D eigenvalue weighted by Gasteiger charge is 2.35. The number of alkyl halides is 4. The fourth-order valence-corrected chi connectivity index (χ4v) is 1.82. The number of ether oxygens (including phenoxy) is 2. The molecule has 0 radical (unpaired) electrons. The van der Waals surface area contributed by atoms with Crippen LogP contribution in [0.1, 0.15) is 22.8 Å². The number of pyridine rings is 1. The maximum atomic E-state index is 12.7. The number of esters is 1. The number of hydrogen-bond donors (Lipinski definition) is 0. The van der Waals surface area contributed by atoms with Crippen LogP contribution < -0.4 is 4.74 Å². The highest BCUT2D eigenvalue weighted by atomic mass is 127. The predicted molar refractivity (Wildman–Crippen MR) is 64.4 cm³/mol. The quantitative estimate of drug-likeness (QED) is 0.341. The summed E-state index contributed by atoms with van der Waals surface area (Å²) in [6.07, 6.45) is -4.17. The molecule has 0 aromatic carbocycles. The lowest BCUT2D eigenvalue weighted by Crippen LogP contribution is -2.22. The number of aromatic nitrogens is 1. The van der Waals surface area contributed by atoms with E-state index in [-0.39, 0.29) is 10.3 Å². The van der Waals surface area contributed by atoms with E-state index in [9.17, 15) is 22.4 Å². The van der Waals surface area contributed by atoms with Gasteiger partial charge in [0.2, 0.25) is 0 Å². The minimum Gasteiger partial charge on any atom is -0.462 e. The summed E-state index contributed by atoms with van der Waals surface area (Å²) in [6.45, 7) is 0.198. The second kappa shape index (κ2) is 6.35. The summed E-state index contributed by atoms with van der Waals surface area (Å²) in [5, 5.41) is 0. The van der Waals surface area contributed by atoms with Gasteiger partial charge in [0.05, 0.1) is 6.61 Å². The Morgan fingerprint density at radius 2 is 2.11 bits per heavy atom. The van der Waals surface area contributed by atoms with Crippen LogP contribution in [0.5, 0.6) is 5.75 Å². The van der Waals surface area contributed by atoms with E-state index >= 15 is 0 Å². The minimum absolute atomic E-state index is 0.0414. The minimum atomic E-state index is -5.05. The Morgan fingerprint density at radius 1 is 1.47 bits per heavy atom. The summed E-state index contributed by atoms with van der Waals surface area (Å²) in [5.74, 6) is -1.96. The van der Waals surface area contributed by atoms with E-state index < -0.39 is 35.9 Å². The number of nitrogens with zero attached hydrogens (tertiary/aromatic N) is 1. The van der Waals surface area contributed by atoms with Gasteiger partial charge in [-0.3, -0.25) is 0 Å². The van der Waals surface area contributed by atoms with Crippen molar-refractivity contribution in [3.63, 3.8) is 0 Å². The van der Waals surface area contributed by atoms with Crippen molar-refractivity contribution in [1.29, 1.82) is 0 Å². The van der Waals surface area contributed by atoms with Gasteiger partial charge in [-0.25, -0.2) is 14.2 Å². The zero-order valence-electron chi connectivity index (χ0n) is 9.55. The van der Waals surface area contributed by atoms with E-state index in [2.05, 4.69) is 14.5 Å². The molecular formula is C10H8F4INO3. The van der Waals surface area contributed by atoms with Crippen molar-refractivity contribution in [2.24, 2.45) is 0 Å². The molecule has 1 rings (SSSR count). The van der Waals surface area contributed by atoms with Gasteiger partial charge in [0, 0.05) is 11.8 Å². The third-order valence-corrected chi connectivity index (χ3v) is 2.72. The molecule has 0 atom stereocenters. The lowest BCUT2D eigenvalue weighted by atomic mass is 10.2. The molecule has 0 spiro atoms. The van der Waals surface area contributed by atoms with Crippen LogP contribution in [0.2, 0.25) is 0 Å². The monoisotopic (exact) mass is 393 g/mol. The summed E-state index contributed by atoms with van der Waals surface area (Å²) >= 11 is 1.54. The SMILES string of the molecule is CCOC(=O)c1c(I)ncc(CF)c1OC(F)(F)F. The summed E-state index contributed by atoms with van der Waals surface area (Å²) in [7, 11) is 0. The van der Waals surface area contributed by atoms with Crippen LogP contribution in [0.25, 0.3) is 0 Å². The lowest BCUT2D eigenvalue weighted by Gasteiger charge is -2.15. The second-order valence-electron chi connectivity index (χ2n) is 3.18. The van der Waals surface area contributed by atoms with Gasteiger partial charge >= 0.3 is 12.3 Å². The lowest BCUT2D eigenvalue weighted by molar-refractivity contribution is -0.275. The van der Waals surface area contributed by atoms with E-state index in [1.165, 1.54) is 6.92 Å². The third kappa shape index (κ3) is 4.18. The first-order valence-electron chi connectivity index (χ1n) is 4.96. The molecule has 0 aliphatic rings. The molecule has 0 amide bonds. The highest BCUT2D eigenvalue weighted by molar-refractivity contribution is 14.1. The first-order chi connectivity index (χ1) is 8.80. The van der Waals surface area contributed by atoms with Crippen molar-refractivity contribution in [2.45, 2.75) is 20.0 Å². The zero-order valence-corrected chi connectivity index (χ0v) is 11.7. The smallest absolute Gasteiger partial charge is 0.462 e. The van der Waals surface area contributed by atoms with Gasteiger partial charge < -0.3 is 9.47 Å². The first kappa shape index (κ1) is 15.9. The van der Waals surface area contributed by atoms with Crippen molar-refractivity contribution in [2.75, 3.05) is 6.61 Å². The number of hydrogen-bond acceptors (Lipinski definition) is 4. The standard InChI is InChI=1S/C10H8F4INO3/c1-2-18-9(17)6-7(19-10(12,13)14)5(3-11)4-16-8(6)15/h4H,2-3H2,1H3.